The minimum absolute atomic E-state index is 0.107. The number of rotatable bonds is 5. The van der Waals surface area contributed by atoms with Crippen LogP contribution in [-0.4, -0.2) is 43.6 Å². The van der Waals surface area contributed by atoms with Gasteiger partial charge in [-0.3, -0.25) is 14.2 Å². The molecule has 7 heteroatoms. The van der Waals surface area contributed by atoms with Gasteiger partial charge in [0.2, 0.25) is 0 Å². The monoisotopic (exact) mass is 374 g/mol. The second-order valence-electron chi connectivity index (χ2n) is 6.25. The fourth-order valence-corrected chi connectivity index (χ4v) is 2.98. The van der Waals surface area contributed by atoms with E-state index in [1.54, 1.807) is 42.7 Å². The molecule has 0 saturated carbocycles. The molecule has 0 aliphatic rings. The van der Waals surface area contributed by atoms with Crippen molar-refractivity contribution in [3.05, 3.63) is 72.7 Å². The molecule has 2 aromatic carbocycles. The molecule has 1 amide bonds. The first-order valence-electron chi connectivity index (χ1n) is 8.78. The number of hydrogen-bond acceptors (Lipinski definition) is 5. The SMILES string of the molecule is O=C(NCCO)c1cccc(-c2cn3c(-c4ccc(O)cc4)cnc3cn2)c1. The predicted octanol–water partition coefficient (Wildman–Crippen LogP) is 2.49. The van der Waals surface area contributed by atoms with Gasteiger partial charge in [-0.2, -0.15) is 0 Å². The lowest BCUT2D eigenvalue weighted by Gasteiger charge is -2.08. The molecule has 0 saturated heterocycles. The maximum atomic E-state index is 12.1. The lowest BCUT2D eigenvalue weighted by molar-refractivity contribution is 0.0945. The average Bonchev–Trinajstić information content (AvgIpc) is 3.16. The van der Waals surface area contributed by atoms with E-state index < -0.39 is 0 Å². The summed E-state index contributed by atoms with van der Waals surface area (Å²) in [5, 5.41) is 21.0. The molecule has 3 N–H and O–H groups in total. The quantitative estimate of drug-likeness (QED) is 0.498. The predicted molar refractivity (Wildman–Crippen MR) is 105 cm³/mol. The zero-order valence-electron chi connectivity index (χ0n) is 14.9. The summed E-state index contributed by atoms with van der Waals surface area (Å²) in [6.07, 6.45) is 5.30. The third kappa shape index (κ3) is 3.43. The van der Waals surface area contributed by atoms with Gasteiger partial charge in [-0.1, -0.05) is 12.1 Å². The molecule has 0 spiro atoms. The Balaban J connectivity index is 1.73. The number of nitrogens with one attached hydrogen (secondary N) is 1. The van der Waals surface area contributed by atoms with Gasteiger partial charge in [0.15, 0.2) is 5.65 Å². The van der Waals surface area contributed by atoms with E-state index in [1.165, 1.54) is 0 Å². The van der Waals surface area contributed by atoms with E-state index in [0.717, 1.165) is 16.8 Å². The molecular formula is C21H18N4O3. The van der Waals surface area contributed by atoms with E-state index in [4.69, 9.17) is 5.11 Å². The highest BCUT2D eigenvalue weighted by molar-refractivity contribution is 5.95. The molecule has 2 heterocycles. The van der Waals surface area contributed by atoms with Gasteiger partial charge in [-0.25, -0.2) is 4.98 Å². The highest BCUT2D eigenvalue weighted by atomic mass is 16.3. The van der Waals surface area contributed by atoms with Crippen LogP contribution in [-0.2, 0) is 0 Å². The molecule has 2 aromatic heterocycles. The molecule has 4 aromatic rings. The second-order valence-corrected chi connectivity index (χ2v) is 6.25. The van der Waals surface area contributed by atoms with E-state index >= 15 is 0 Å². The highest BCUT2D eigenvalue weighted by Crippen LogP contribution is 2.25. The van der Waals surface area contributed by atoms with E-state index in [9.17, 15) is 9.90 Å². The van der Waals surface area contributed by atoms with E-state index in [2.05, 4.69) is 15.3 Å². The Kier molecular flexibility index (Phi) is 4.74. The number of aromatic nitrogens is 3. The zero-order chi connectivity index (χ0) is 19.5. The van der Waals surface area contributed by atoms with Crippen LogP contribution in [0, 0.1) is 0 Å². The van der Waals surface area contributed by atoms with Gasteiger partial charge >= 0.3 is 0 Å². The Morgan fingerprint density at radius 1 is 1.04 bits per heavy atom. The summed E-state index contributed by atoms with van der Waals surface area (Å²) in [6, 6.07) is 14.1. The Morgan fingerprint density at radius 2 is 1.86 bits per heavy atom. The number of carbonyl (C=O) groups is 1. The van der Waals surface area contributed by atoms with E-state index in [1.807, 2.05) is 28.8 Å². The molecule has 28 heavy (non-hydrogen) atoms. The maximum Gasteiger partial charge on any atom is 0.251 e. The van der Waals surface area contributed by atoms with Crippen molar-refractivity contribution >= 4 is 11.6 Å². The van der Waals surface area contributed by atoms with Crippen LogP contribution in [0.2, 0.25) is 0 Å². The minimum atomic E-state index is -0.246. The van der Waals surface area contributed by atoms with Gasteiger partial charge < -0.3 is 15.5 Å². The fourth-order valence-electron chi connectivity index (χ4n) is 2.98. The number of hydrogen-bond donors (Lipinski definition) is 3. The molecule has 0 fully saturated rings. The molecule has 0 aliphatic heterocycles. The van der Waals surface area contributed by atoms with Gasteiger partial charge in [0.05, 0.1) is 30.4 Å². The van der Waals surface area contributed by atoms with Gasteiger partial charge in [-0.05, 0) is 36.4 Å². The third-order valence-electron chi connectivity index (χ3n) is 4.38. The lowest BCUT2D eigenvalue weighted by atomic mass is 10.1. The smallest absolute Gasteiger partial charge is 0.251 e. The topological polar surface area (TPSA) is 99.8 Å². The molecular weight excluding hydrogens is 356 g/mol. The van der Waals surface area contributed by atoms with Crippen LogP contribution in [0.1, 0.15) is 10.4 Å². The number of aliphatic hydroxyl groups excluding tert-OH is 1. The molecule has 0 unspecified atom stereocenters. The Morgan fingerprint density at radius 3 is 2.64 bits per heavy atom. The summed E-state index contributed by atoms with van der Waals surface area (Å²) >= 11 is 0. The van der Waals surface area contributed by atoms with Crippen molar-refractivity contribution in [2.24, 2.45) is 0 Å². The first-order valence-corrected chi connectivity index (χ1v) is 8.78. The largest absolute Gasteiger partial charge is 0.508 e. The fraction of sp³-hybridized carbons (Fsp3) is 0.0952. The highest BCUT2D eigenvalue weighted by Gasteiger charge is 2.11. The molecule has 0 atom stereocenters. The van der Waals surface area contributed by atoms with Crippen LogP contribution in [0.4, 0.5) is 0 Å². The van der Waals surface area contributed by atoms with Crippen molar-refractivity contribution in [2.75, 3.05) is 13.2 Å². The molecule has 0 radical (unpaired) electrons. The van der Waals surface area contributed by atoms with Crippen molar-refractivity contribution in [1.29, 1.82) is 0 Å². The zero-order valence-corrected chi connectivity index (χ0v) is 14.9. The number of carbonyl (C=O) groups excluding carboxylic acids is 1. The van der Waals surface area contributed by atoms with Crippen LogP contribution in [0.3, 0.4) is 0 Å². The molecule has 0 aliphatic carbocycles. The number of benzene rings is 2. The number of aliphatic hydroxyl groups is 1. The minimum Gasteiger partial charge on any atom is -0.508 e. The van der Waals surface area contributed by atoms with Crippen LogP contribution >= 0.6 is 0 Å². The van der Waals surface area contributed by atoms with Crippen molar-refractivity contribution < 1.29 is 15.0 Å². The van der Waals surface area contributed by atoms with E-state index in [0.29, 0.717) is 16.9 Å². The van der Waals surface area contributed by atoms with Crippen molar-refractivity contribution in [3.8, 4) is 28.3 Å². The van der Waals surface area contributed by atoms with Crippen LogP contribution in [0.25, 0.3) is 28.2 Å². The Bertz CT molecular complexity index is 1140. The number of nitrogens with zero attached hydrogens (tertiary/aromatic N) is 3. The summed E-state index contributed by atoms with van der Waals surface area (Å²) in [5.41, 5.74) is 4.47. The third-order valence-corrected chi connectivity index (χ3v) is 4.38. The van der Waals surface area contributed by atoms with Gasteiger partial charge in [0.1, 0.15) is 5.75 Å². The summed E-state index contributed by atoms with van der Waals surface area (Å²) in [6.45, 7) is 0.0998. The van der Waals surface area contributed by atoms with Crippen molar-refractivity contribution in [2.45, 2.75) is 0 Å². The second kappa shape index (κ2) is 7.50. The van der Waals surface area contributed by atoms with Crippen LogP contribution < -0.4 is 5.32 Å². The van der Waals surface area contributed by atoms with Crippen molar-refractivity contribution in [3.63, 3.8) is 0 Å². The van der Waals surface area contributed by atoms with Gasteiger partial charge in [0.25, 0.3) is 5.91 Å². The first kappa shape index (κ1) is 17.7. The number of aromatic hydroxyl groups is 1. The number of imidazole rings is 1. The van der Waals surface area contributed by atoms with Gasteiger partial charge in [-0.15, -0.1) is 0 Å². The van der Waals surface area contributed by atoms with Crippen molar-refractivity contribution in [1.82, 2.24) is 19.7 Å². The molecule has 4 rings (SSSR count). The average molecular weight is 374 g/mol. The standard InChI is InChI=1S/C21H18N4O3/c26-9-8-22-21(28)16-3-1-2-15(10-16)18-13-25-19(11-24-20(25)12-23-18)14-4-6-17(27)7-5-14/h1-7,10-13,26-27H,8-9H2,(H,22,28). The summed E-state index contributed by atoms with van der Waals surface area (Å²) in [5.74, 6) is -0.0411. The molecule has 140 valence electrons. The van der Waals surface area contributed by atoms with E-state index in [-0.39, 0.29) is 24.8 Å². The van der Waals surface area contributed by atoms with Crippen LogP contribution in [0.5, 0.6) is 5.75 Å². The molecule has 0 bridgehead atoms. The lowest BCUT2D eigenvalue weighted by Crippen LogP contribution is -2.26. The maximum absolute atomic E-state index is 12.1. The number of phenols is 1. The van der Waals surface area contributed by atoms with Crippen LogP contribution in [0.15, 0.2) is 67.1 Å². The number of amides is 1. The Hall–Kier alpha value is -3.71. The van der Waals surface area contributed by atoms with Gasteiger partial charge in [0, 0.05) is 29.4 Å². The summed E-state index contributed by atoms with van der Waals surface area (Å²) < 4.78 is 1.92. The summed E-state index contributed by atoms with van der Waals surface area (Å²) in [4.78, 5) is 21.0. The Labute approximate surface area is 160 Å². The first-order chi connectivity index (χ1) is 13.7. The summed E-state index contributed by atoms with van der Waals surface area (Å²) in [7, 11) is 0. The number of phenolic OH excluding ortho intramolecular Hbond substituents is 1. The number of fused-ring (bicyclic) bond motifs is 1. The normalized spacial score (nSPS) is 10.9. The molecule has 7 nitrogen and oxygen atoms in total.